The molecule has 0 saturated carbocycles. The first-order valence-corrected chi connectivity index (χ1v) is 8.58. The van der Waals surface area contributed by atoms with E-state index in [1.165, 1.54) is 15.6 Å². The van der Waals surface area contributed by atoms with Gasteiger partial charge in [-0.25, -0.2) is 14.3 Å². The zero-order valence-corrected chi connectivity index (χ0v) is 14.6. The van der Waals surface area contributed by atoms with Gasteiger partial charge in [-0.15, -0.1) is 5.10 Å². The lowest BCUT2D eigenvalue weighted by Crippen LogP contribution is -2.25. The quantitative estimate of drug-likeness (QED) is 0.530. The van der Waals surface area contributed by atoms with E-state index in [1.807, 2.05) is 19.1 Å². The van der Waals surface area contributed by atoms with Gasteiger partial charge in [0.2, 0.25) is 5.78 Å². The Hall–Kier alpha value is -3.09. The number of carbonyl (C=O) groups excluding carboxylic acids is 2. The van der Waals surface area contributed by atoms with E-state index in [-0.39, 0.29) is 11.6 Å². The minimum atomic E-state index is -0.914. The van der Waals surface area contributed by atoms with Crippen LogP contribution in [-0.2, 0) is 17.6 Å². The molecule has 7 nitrogen and oxygen atoms in total. The maximum absolute atomic E-state index is 12.6. The first kappa shape index (κ1) is 16.4. The van der Waals surface area contributed by atoms with Crippen LogP contribution < -0.4 is 0 Å². The van der Waals surface area contributed by atoms with Gasteiger partial charge in [-0.05, 0) is 56.4 Å². The summed E-state index contributed by atoms with van der Waals surface area (Å²) in [6.07, 6.45) is 3.84. The summed E-state index contributed by atoms with van der Waals surface area (Å²) < 4.78 is 6.75. The molecular weight excluding hydrogens is 332 g/mol. The highest BCUT2D eigenvalue weighted by molar-refractivity contribution is 6.01. The lowest BCUT2D eigenvalue weighted by molar-refractivity contribution is 0.0307. The number of aryl methyl sites for hydroxylation is 3. The fourth-order valence-electron chi connectivity index (χ4n) is 3.22. The monoisotopic (exact) mass is 350 g/mol. The zero-order valence-electron chi connectivity index (χ0n) is 14.6. The summed E-state index contributed by atoms with van der Waals surface area (Å²) in [4.78, 5) is 33.0. The number of aromatic nitrogens is 4. The molecule has 2 heterocycles. The molecule has 1 aliphatic carbocycles. The van der Waals surface area contributed by atoms with Gasteiger partial charge >= 0.3 is 5.97 Å². The molecule has 132 valence electrons. The first-order valence-electron chi connectivity index (χ1n) is 8.58. The van der Waals surface area contributed by atoms with Crippen molar-refractivity contribution in [3.8, 4) is 0 Å². The maximum atomic E-state index is 12.6. The molecule has 0 amide bonds. The van der Waals surface area contributed by atoms with Gasteiger partial charge in [-0.3, -0.25) is 4.79 Å². The van der Waals surface area contributed by atoms with E-state index in [9.17, 15) is 9.59 Å². The summed E-state index contributed by atoms with van der Waals surface area (Å²) in [6, 6.07) is 7.46. The summed E-state index contributed by atoms with van der Waals surface area (Å²) in [5.74, 6) is -0.766. The van der Waals surface area contributed by atoms with Crippen molar-refractivity contribution in [1.29, 1.82) is 0 Å². The van der Waals surface area contributed by atoms with Crippen LogP contribution in [0.1, 0.15) is 51.1 Å². The molecule has 7 heteroatoms. The molecule has 0 N–H and O–H groups in total. The van der Waals surface area contributed by atoms with E-state index < -0.39 is 12.1 Å². The van der Waals surface area contributed by atoms with Gasteiger partial charge in [0.1, 0.15) is 0 Å². The largest absolute Gasteiger partial charge is 0.448 e. The maximum Gasteiger partial charge on any atom is 0.379 e. The molecule has 1 atom stereocenters. The number of benzene rings is 1. The second kappa shape index (κ2) is 6.33. The van der Waals surface area contributed by atoms with Crippen LogP contribution in [-0.4, -0.2) is 37.4 Å². The second-order valence-electron chi connectivity index (χ2n) is 6.48. The number of nitrogens with zero attached hydrogens (tertiary/aromatic N) is 4. The van der Waals surface area contributed by atoms with Gasteiger partial charge in [0.05, 0.1) is 0 Å². The van der Waals surface area contributed by atoms with Crippen molar-refractivity contribution in [3.05, 3.63) is 58.7 Å². The van der Waals surface area contributed by atoms with Gasteiger partial charge in [-0.2, -0.15) is 4.98 Å². The summed E-state index contributed by atoms with van der Waals surface area (Å²) >= 11 is 0. The molecule has 0 radical (unpaired) electrons. The Labute approximate surface area is 150 Å². The molecule has 1 aromatic carbocycles. The number of hydrogen-bond donors (Lipinski definition) is 0. The minimum absolute atomic E-state index is 0.111. The molecule has 0 bridgehead atoms. The van der Waals surface area contributed by atoms with Crippen molar-refractivity contribution in [2.24, 2.45) is 0 Å². The highest BCUT2D eigenvalue weighted by Crippen LogP contribution is 2.23. The van der Waals surface area contributed by atoms with Crippen LogP contribution in [0.15, 0.2) is 30.5 Å². The number of fused-ring (bicyclic) bond motifs is 2. The van der Waals surface area contributed by atoms with Crippen LogP contribution in [0, 0.1) is 6.92 Å². The van der Waals surface area contributed by atoms with Crippen LogP contribution in [0.25, 0.3) is 5.78 Å². The topological polar surface area (TPSA) is 86.5 Å². The van der Waals surface area contributed by atoms with Crippen molar-refractivity contribution >= 4 is 17.5 Å². The zero-order chi connectivity index (χ0) is 18.3. The Morgan fingerprint density at radius 2 is 2.00 bits per heavy atom. The number of carbonyl (C=O) groups is 2. The molecule has 4 rings (SSSR count). The average molecular weight is 350 g/mol. The third kappa shape index (κ3) is 2.85. The fourth-order valence-corrected chi connectivity index (χ4v) is 3.22. The Morgan fingerprint density at radius 1 is 1.19 bits per heavy atom. The Morgan fingerprint density at radius 3 is 2.81 bits per heavy atom. The van der Waals surface area contributed by atoms with Gasteiger partial charge in [0, 0.05) is 17.5 Å². The molecule has 0 aliphatic heterocycles. The predicted octanol–water partition coefficient (Wildman–Crippen LogP) is 2.35. The molecule has 0 fully saturated rings. The van der Waals surface area contributed by atoms with E-state index in [1.54, 1.807) is 25.3 Å². The van der Waals surface area contributed by atoms with Crippen LogP contribution in [0.3, 0.4) is 0 Å². The van der Waals surface area contributed by atoms with Gasteiger partial charge in [0.15, 0.2) is 6.10 Å². The number of ether oxygens (including phenoxy) is 1. The van der Waals surface area contributed by atoms with Crippen LogP contribution in [0.4, 0.5) is 0 Å². The first-order chi connectivity index (χ1) is 12.5. The lowest BCUT2D eigenvalue weighted by Gasteiger charge is -2.12. The van der Waals surface area contributed by atoms with Crippen molar-refractivity contribution in [2.45, 2.75) is 39.2 Å². The molecule has 0 unspecified atom stereocenters. The minimum Gasteiger partial charge on any atom is -0.448 e. The molecule has 26 heavy (non-hydrogen) atoms. The molecule has 1 aliphatic rings. The molecule has 3 aromatic rings. The number of Topliss-reactive ketones (excluding diaryl/α,β-unsaturated/α-hetero) is 1. The van der Waals surface area contributed by atoms with Crippen LogP contribution in [0.5, 0.6) is 0 Å². The molecular formula is C19H18N4O3. The number of rotatable bonds is 4. The highest BCUT2D eigenvalue weighted by atomic mass is 16.5. The van der Waals surface area contributed by atoms with E-state index in [2.05, 4.69) is 15.1 Å². The third-order valence-corrected chi connectivity index (χ3v) is 4.65. The second-order valence-corrected chi connectivity index (χ2v) is 6.48. The van der Waals surface area contributed by atoms with E-state index in [4.69, 9.17) is 4.74 Å². The highest BCUT2D eigenvalue weighted by Gasteiger charge is 2.24. The van der Waals surface area contributed by atoms with Gasteiger partial charge in [0.25, 0.3) is 11.6 Å². The Bertz CT molecular complexity index is 1020. The average Bonchev–Trinajstić information content (AvgIpc) is 3.27. The lowest BCUT2D eigenvalue weighted by atomic mass is 10.0. The normalized spacial score (nSPS) is 14.2. The van der Waals surface area contributed by atoms with Gasteiger partial charge < -0.3 is 4.74 Å². The smallest absolute Gasteiger partial charge is 0.379 e. The summed E-state index contributed by atoms with van der Waals surface area (Å²) in [7, 11) is 0. The predicted molar refractivity (Wildman–Crippen MR) is 93.2 cm³/mol. The number of esters is 1. The summed E-state index contributed by atoms with van der Waals surface area (Å²) in [5.41, 5.74) is 3.86. The summed E-state index contributed by atoms with van der Waals surface area (Å²) in [5, 5.41) is 4.10. The van der Waals surface area contributed by atoms with E-state index in [0.29, 0.717) is 11.3 Å². The summed E-state index contributed by atoms with van der Waals surface area (Å²) in [6.45, 7) is 3.39. The third-order valence-electron chi connectivity index (χ3n) is 4.65. The molecule has 0 spiro atoms. The van der Waals surface area contributed by atoms with Crippen molar-refractivity contribution < 1.29 is 14.3 Å². The SMILES string of the molecule is Cc1ccnc2nc(C(=O)O[C@@H](C)C(=O)c3ccc4c(c3)CCC4)nn12. The van der Waals surface area contributed by atoms with Crippen LogP contribution >= 0.6 is 0 Å². The number of hydrogen-bond acceptors (Lipinski definition) is 6. The fraction of sp³-hybridized carbons (Fsp3) is 0.316. The molecule has 0 saturated heterocycles. The Kier molecular flexibility index (Phi) is 3.99. The van der Waals surface area contributed by atoms with E-state index in [0.717, 1.165) is 25.0 Å². The van der Waals surface area contributed by atoms with Crippen LogP contribution in [0.2, 0.25) is 0 Å². The van der Waals surface area contributed by atoms with Crippen molar-refractivity contribution in [1.82, 2.24) is 19.6 Å². The standard InChI is InChI=1S/C19H18N4O3/c1-11-8-9-20-19-21-17(22-23(11)19)18(25)26-12(2)16(24)15-7-6-13-4-3-5-14(13)10-15/h6-10,12H,3-5H2,1-2H3/t12-/m0/s1. The molecule has 2 aromatic heterocycles. The van der Waals surface area contributed by atoms with Gasteiger partial charge in [-0.1, -0.05) is 12.1 Å². The van der Waals surface area contributed by atoms with Crippen molar-refractivity contribution in [3.63, 3.8) is 0 Å². The van der Waals surface area contributed by atoms with E-state index >= 15 is 0 Å². The van der Waals surface area contributed by atoms with Crippen molar-refractivity contribution in [2.75, 3.05) is 0 Å². The number of ketones is 1. The Balaban J connectivity index is 1.51.